The maximum absolute atomic E-state index is 4.50. The largest absolute Gasteiger partial charge is 0.314 e. The Hall–Kier alpha value is -0.890. The van der Waals surface area contributed by atoms with Gasteiger partial charge in [0, 0.05) is 24.4 Å². The number of hydrogen-bond acceptors (Lipinski definition) is 2. The summed E-state index contributed by atoms with van der Waals surface area (Å²) in [5.74, 6) is 1.76. The molecule has 3 unspecified atom stereocenters. The van der Waals surface area contributed by atoms with Gasteiger partial charge in [0.15, 0.2) is 0 Å². The van der Waals surface area contributed by atoms with Gasteiger partial charge in [-0.3, -0.25) is 4.98 Å². The molecule has 1 aliphatic rings. The van der Waals surface area contributed by atoms with E-state index in [1.807, 2.05) is 6.20 Å². The Labute approximate surface area is 98.5 Å². The second-order valence-electron chi connectivity index (χ2n) is 5.07. The predicted octanol–water partition coefficient (Wildman–Crippen LogP) is 2.57. The molecule has 2 nitrogen and oxygen atoms in total. The summed E-state index contributed by atoms with van der Waals surface area (Å²) in [7, 11) is 0. The molecule has 1 fully saturated rings. The summed E-state index contributed by atoms with van der Waals surface area (Å²) in [4.78, 5) is 4.50. The van der Waals surface area contributed by atoms with E-state index in [0.717, 1.165) is 24.8 Å². The Morgan fingerprint density at radius 3 is 2.75 bits per heavy atom. The number of aryl methyl sites for hydroxylation is 1. The van der Waals surface area contributed by atoms with E-state index < -0.39 is 0 Å². The van der Waals surface area contributed by atoms with Gasteiger partial charge in [0.2, 0.25) is 0 Å². The van der Waals surface area contributed by atoms with Gasteiger partial charge >= 0.3 is 0 Å². The SMILES string of the molecule is CCNC(Cc1ccc(C)cn1)C1CC1C. The molecule has 1 aromatic rings. The molecule has 2 rings (SSSR count). The second-order valence-corrected chi connectivity index (χ2v) is 5.07. The molecule has 1 aromatic heterocycles. The van der Waals surface area contributed by atoms with Gasteiger partial charge in [0.05, 0.1) is 0 Å². The minimum atomic E-state index is 0.621. The highest BCUT2D eigenvalue weighted by atomic mass is 14.9. The summed E-state index contributed by atoms with van der Waals surface area (Å²) in [5.41, 5.74) is 2.46. The summed E-state index contributed by atoms with van der Waals surface area (Å²) in [6.07, 6.45) is 4.42. The zero-order valence-corrected chi connectivity index (χ0v) is 10.5. The van der Waals surface area contributed by atoms with Crippen LogP contribution in [0.5, 0.6) is 0 Å². The van der Waals surface area contributed by atoms with Gasteiger partial charge in [-0.1, -0.05) is 19.9 Å². The molecular weight excluding hydrogens is 196 g/mol. The van der Waals surface area contributed by atoms with E-state index >= 15 is 0 Å². The smallest absolute Gasteiger partial charge is 0.0419 e. The van der Waals surface area contributed by atoms with Crippen LogP contribution in [0.4, 0.5) is 0 Å². The first-order valence-corrected chi connectivity index (χ1v) is 6.35. The molecule has 0 aromatic carbocycles. The molecule has 0 bridgehead atoms. The first kappa shape index (κ1) is 11.6. The Morgan fingerprint density at radius 1 is 1.50 bits per heavy atom. The molecule has 1 heterocycles. The highest BCUT2D eigenvalue weighted by molar-refractivity contribution is 5.14. The van der Waals surface area contributed by atoms with Gasteiger partial charge < -0.3 is 5.32 Å². The van der Waals surface area contributed by atoms with Crippen LogP contribution in [0.1, 0.15) is 31.5 Å². The lowest BCUT2D eigenvalue weighted by Gasteiger charge is -2.17. The van der Waals surface area contributed by atoms with Gasteiger partial charge in [-0.15, -0.1) is 0 Å². The summed E-state index contributed by atoms with van der Waals surface area (Å²) < 4.78 is 0. The molecule has 0 saturated heterocycles. The van der Waals surface area contributed by atoms with E-state index in [-0.39, 0.29) is 0 Å². The summed E-state index contributed by atoms with van der Waals surface area (Å²) in [6, 6.07) is 4.93. The van der Waals surface area contributed by atoms with Gasteiger partial charge in [-0.25, -0.2) is 0 Å². The molecular formula is C14H22N2. The van der Waals surface area contributed by atoms with Gasteiger partial charge in [0.25, 0.3) is 0 Å². The van der Waals surface area contributed by atoms with Crippen molar-refractivity contribution in [3.8, 4) is 0 Å². The maximum Gasteiger partial charge on any atom is 0.0419 e. The van der Waals surface area contributed by atoms with Crippen LogP contribution in [0.25, 0.3) is 0 Å². The lowest BCUT2D eigenvalue weighted by molar-refractivity contribution is 0.451. The highest BCUT2D eigenvalue weighted by Crippen LogP contribution is 2.41. The molecule has 1 N–H and O–H groups in total. The number of likely N-dealkylation sites (N-methyl/N-ethyl adjacent to an activating group) is 1. The van der Waals surface area contributed by atoms with Crippen molar-refractivity contribution in [2.75, 3.05) is 6.54 Å². The number of nitrogens with zero attached hydrogens (tertiary/aromatic N) is 1. The molecule has 16 heavy (non-hydrogen) atoms. The summed E-state index contributed by atoms with van der Waals surface area (Å²) >= 11 is 0. The molecule has 0 aliphatic heterocycles. The van der Waals surface area contributed by atoms with Crippen molar-refractivity contribution in [2.24, 2.45) is 11.8 Å². The van der Waals surface area contributed by atoms with Crippen molar-refractivity contribution >= 4 is 0 Å². The van der Waals surface area contributed by atoms with Crippen LogP contribution < -0.4 is 5.32 Å². The number of pyridine rings is 1. The molecule has 3 atom stereocenters. The molecule has 0 amide bonds. The van der Waals surface area contributed by atoms with Crippen LogP contribution in [0.15, 0.2) is 18.3 Å². The maximum atomic E-state index is 4.50. The fraction of sp³-hybridized carbons (Fsp3) is 0.643. The third-order valence-electron chi connectivity index (χ3n) is 3.56. The van der Waals surface area contributed by atoms with E-state index in [2.05, 4.69) is 43.2 Å². The van der Waals surface area contributed by atoms with Crippen LogP contribution in [-0.4, -0.2) is 17.6 Å². The predicted molar refractivity (Wildman–Crippen MR) is 67.4 cm³/mol. The summed E-state index contributed by atoms with van der Waals surface area (Å²) in [5, 5.41) is 3.60. The highest BCUT2D eigenvalue weighted by Gasteiger charge is 2.38. The molecule has 88 valence electrons. The number of rotatable bonds is 5. The van der Waals surface area contributed by atoms with Crippen LogP contribution in [0.2, 0.25) is 0 Å². The Kier molecular flexibility index (Phi) is 3.59. The second kappa shape index (κ2) is 4.96. The number of nitrogens with one attached hydrogen (secondary N) is 1. The zero-order chi connectivity index (χ0) is 11.5. The normalized spacial score (nSPS) is 25.4. The van der Waals surface area contributed by atoms with E-state index in [4.69, 9.17) is 0 Å². The van der Waals surface area contributed by atoms with Crippen molar-refractivity contribution in [3.63, 3.8) is 0 Å². The van der Waals surface area contributed by atoms with Crippen LogP contribution >= 0.6 is 0 Å². The van der Waals surface area contributed by atoms with Crippen molar-refractivity contribution in [1.82, 2.24) is 10.3 Å². The first-order chi connectivity index (χ1) is 7.70. The molecule has 1 aliphatic carbocycles. The average molecular weight is 218 g/mol. The third-order valence-corrected chi connectivity index (χ3v) is 3.56. The lowest BCUT2D eigenvalue weighted by atomic mass is 10.0. The molecule has 0 radical (unpaired) electrons. The molecule has 1 saturated carbocycles. The monoisotopic (exact) mass is 218 g/mol. The van der Waals surface area contributed by atoms with Crippen LogP contribution in [0, 0.1) is 18.8 Å². The number of hydrogen-bond donors (Lipinski definition) is 1. The lowest BCUT2D eigenvalue weighted by Crippen LogP contribution is -2.33. The van der Waals surface area contributed by atoms with Crippen molar-refractivity contribution < 1.29 is 0 Å². The Balaban J connectivity index is 1.97. The van der Waals surface area contributed by atoms with Crippen LogP contribution in [-0.2, 0) is 6.42 Å². The number of aromatic nitrogens is 1. The topological polar surface area (TPSA) is 24.9 Å². The van der Waals surface area contributed by atoms with Gasteiger partial charge in [-0.2, -0.15) is 0 Å². The standard InChI is InChI=1S/C14H22N2/c1-4-15-14(13-7-11(13)3)8-12-6-5-10(2)9-16-12/h5-6,9,11,13-15H,4,7-8H2,1-3H3. The summed E-state index contributed by atoms with van der Waals surface area (Å²) in [6.45, 7) is 7.67. The van der Waals surface area contributed by atoms with Crippen molar-refractivity contribution in [3.05, 3.63) is 29.6 Å². The van der Waals surface area contributed by atoms with Gasteiger partial charge in [0.1, 0.15) is 0 Å². The Bertz CT molecular complexity index is 331. The fourth-order valence-electron chi connectivity index (χ4n) is 2.39. The van der Waals surface area contributed by atoms with E-state index in [1.165, 1.54) is 17.7 Å². The van der Waals surface area contributed by atoms with E-state index in [9.17, 15) is 0 Å². The van der Waals surface area contributed by atoms with Gasteiger partial charge in [-0.05, 0) is 43.4 Å². The fourth-order valence-corrected chi connectivity index (χ4v) is 2.39. The zero-order valence-electron chi connectivity index (χ0n) is 10.5. The molecule has 2 heteroatoms. The van der Waals surface area contributed by atoms with Crippen molar-refractivity contribution in [1.29, 1.82) is 0 Å². The van der Waals surface area contributed by atoms with E-state index in [0.29, 0.717) is 6.04 Å². The minimum absolute atomic E-state index is 0.621. The first-order valence-electron chi connectivity index (χ1n) is 6.35. The third kappa shape index (κ3) is 2.82. The minimum Gasteiger partial charge on any atom is -0.314 e. The quantitative estimate of drug-likeness (QED) is 0.821. The van der Waals surface area contributed by atoms with Crippen molar-refractivity contribution in [2.45, 2.75) is 39.7 Å². The Morgan fingerprint density at radius 2 is 2.25 bits per heavy atom. The molecule has 0 spiro atoms. The van der Waals surface area contributed by atoms with E-state index in [1.54, 1.807) is 0 Å². The van der Waals surface area contributed by atoms with Crippen LogP contribution in [0.3, 0.4) is 0 Å². The average Bonchev–Trinajstić information content (AvgIpc) is 2.98.